The first-order chi connectivity index (χ1) is 8.69. The Hall–Kier alpha value is -1.69. The van der Waals surface area contributed by atoms with Crippen molar-refractivity contribution in [1.82, 2.24) is 9.97 Å². The Balaban J connectivity index is 1.95. The van der Waals surface area contributed by atoms with E-state index in [2.05, 4.69) is 20.0 Å². The van der Waals surface area contributed by atoms with E-state index >= 15 is 0 Å². The molecule has 1 aliphatic rings. The summed E-state index contributed by atoms with van der Waals surface area (Å²) in [5.74, 6) is 0.0600. The number of nitrogens with one attached hydrogen (secondary N) is 1. The van der Waals surface area contributed by atoms with E-state index < -0.39 is 5.97 Å². The molecule has 18 heavy (non-hydrogen) atoms. The monoisotopic (exact) mass is 251 g/mol. The van der Waals surface area contributed by atoms with Crippen molar-refractivity contribution in [2.24, 2.45) is 5.41 Å². The van der Waals surface area contributed by atoms with Gasteiger partial charge in [-0.15, -0.1) is 0 Å². The summed E-state index contributed by atoms with van der Waals surface area (Å²) in [5.41, 5.74) is 0.382. The zero-order valence-electron chi connectivity index (χ0n) is 10.3. The number of esters is 1. The molecule has 2 N–H and O–H groups in total. The fourth-order valence-electron chi connectivity index (χ4n) is 1.86. The minimum Gasteiger partial charge on any atom is -0.464 e. The van der Waals surface area contributed by atoms with E-state index in [9.17, 15) is 4.79 Å². The molecule has 6 nitrogen and oxygen atoms in total. The van der Waals surface area contributed by atoms with Crippen LogP contribution in [0.5, 0.6) is 0 Å². The first kappa shape index (κ1) is 12.8. The topological polar surface area (TPSA) is 84.3 Å². The summed E-state index contributed by atoms with van der Waals surface area (Å²) < 4.78 is 4.59. The standard InChI is InChI=1S/C12H17N3O3/c1-18-11(17)9-6-13-7-10(15-9)14-8-12(2-3-12)4-5-16/h6-7,16H,2-5,8H2,1H3,(H,14,15). The molecule has 0 spiro atoms. The number of anilines is 1. The third kappa shape index (κ3) is 2.95. The number of aliphatic hydroxyl groups is 1. The Morgan fingerprint density at radius 3 is 2.94 bits per heavy atom. The number of ether oxygens (including phenoxy) is 1. The molecule has 0 radical (unpaired) electrons. The molecule has 1 saturated carbocycles. The van der Waals surface area contributed by atoms with Crippen molar-refractivity contribution in [3.8, 4) is 0 Å². The molecular weight excluding hydrogens is 234 g/mol. The van der Waals surface area contributed by atoms with Gasteiger partial charge in [0.2, 0.25) is 0 Å². The molecule has 0 aromatic carbocycles. The van der Waals surface area contributed by atoms with Crippen LogP contribution < -0.4 is 5.32 Å². The van der Waals surface area contributed by atoms with Gasteiger partial charge in [-0.25, -0.2) is 9.78 Å². The highest BCUT2D eigenvalue weighted by atomic mass is 16.5. The summed E-state index contributed by atoms with van der Waals surface area (Å²) in [6.45, 7) is 0.947. The predicted molar refractivity (Wildman–Crippen MR) is 65.2 cm³/mol. The number of hydrogen-bond donors (Lipinski definition) is 2. The van der Waals surface area contributed by atoms with Crippen molar-refractivity contribution < 1.29 is 14.6 Å². The highest BCUT2D eigenvalue weighted by Gasteiger charge is 2.41. The molecular formula is C12H17N3O3. The lowest BCUT2D eigenvalue weighted by atomic mass is 10.0. The molecule has 1 fully saturated rings. The van der Waals surface area contributed by atoms with Crippen LogP contribution >= 0.6 is 0 Å². The quantitative estimate of drug-likeness (QED) is 0.729. The second-order valence-corrected chi connectivity index (χ2v) is 4.61. The number of nitrogens with zero attached hydrogens (tertiary/aromatic N) is 2. The van der Waals surface area contributed by atoms with E-state index in [1.165, 1.54) is 13.3 Å². The van der Waals surface area contributed by atoms with Gasteiger partial charge >= 0.3 is 5.97 Å². The number of methoxy groups -OCH3 is 1. The normalized spacial score (nSPS) is 16.1. The van der Waals surface area contributed by atoms with E-state index in [4.69, 9.17) is 5.11 Å². The predicted octanol–water partition coefficient (Wildman–Crippen LogP) is 0.838. The number of hydrogen-bond acceptors (Lipinski definition) is 6. The van der Waals surface area contributed by atoms with Gasteiger partial charge in [-0.2, -0.15) is 0 Å². The molecule has 0 unspecified atom stereocenters. The molecule has 0 saturated heterocycles. The Kier molecular flexibility index (Phi) is 3.76. The lowest BCUT2D eigenvalue weighted by molar-refractivity contribution is 0.0593. The van der Waals surface area contributed by atoms with Crippen LogP contribution in [0.1, 0.15) is 29.8 Å². The van der Waals surface area contributed by atoms with Gasteiger partial charge in [-0.3, -0.25) is 4.98 Å². The van der Waals surface area contributed by atoms with Gasteiger partial charge in [0, 0.05) is 13.2 Å². The van der Waals surface area contributed by atoms with Crippen LogP contribution in [0.3, 0.4) is 0 Å². The number of rotatable bonds is 6. The van der Waals surface area contributed by atoms with E-state index in [1.807, 2.05) is 0 Å². The Bertz CT molecular complexity index is 432. The van der Waals surface area contributed by atoms with Gasteiger partial charge in [-0.05, 0) is 24.7 Å². The van der Waals surface area contributed by atoms with Crippen molar-refractivity contribution in [3.05, 3.63) is 18.1 Å². The average Bonchev–Trinajstić information content (AvgIpc) is 3.17. The molecule has 1 aromatic heterocycles. The van der Waals surface area contributed by atoms with Crippen molar-refractivity contribution in [3.63, 3.8) is 0 Å². The van der Waals surface area contributed by atoms with Gasteiger partial charge in [0.25, 0.3) is 0 Å². The summed E-state index contributed by atoms with van der Waals surface area (Å²) in [6, 6.07) is 0. The van der Waals surface area contributed by atoms with Gasteiger partial charge in [-0.1, -0.05) is 0 Å². The van der Waals surface area contributed by atoms with Crippen molar-refractivity contribution in [1.29, 1.82) is 0 Å². The molecule has 0 bridgehead atoms. The smallest absolute Gasteiger partial charge is 0.358 e. The zero-order chi connectivity index (χ0) is 13.0. The second-order valence-electron chi connectivity index (χ2n) is 4.61. The summed E-state index contributed by atoms with van der Waals surface area (Å²) in [4.78, 5) is 19.4. The summed E-state index contributed by atoms with van der Waals surface area (Å²) >= 11 is 0. The maximum absolute atomic E-state index is 11.3. The molecule has 1 heterocycles. The van der Waals surface area contributed by atoms with E-state index in [0.29, 0.717) is 5.82 Å². The SMILES string of the molecule is COC(=O)c1cncc(NCC2(CCO)CC2)n1. The summed E-state index contributed by atoms with van der Waals surface area (Å²) in [6.07, 6.45) is 5.97. The fourth-order valence-corrected chi connectivity index (χ4v) is 1.86. The Morgan fingerprint density at radius 1 is 1.56 bits per heavy atom. The van der Waals surface area contributed by atoms with Crippen LogP contribution in [0, 0.1) is 5.41 Å². The maximum Gasteiger partial charge on any atom is 0.358 e. The minimum atomic E-state index is -0.498. The number of carbonyl (C=O) groups is 1. The molecule has 1 aliphatic carbocycles. The average molecular weight is 251 g/mol. The highest BCUT2D eigenvalue weighted by molar-refractivity contribution is 5.87. The van der Waals surface area contributed by atoms with Crippen LogP contribution in [-0.4, -0.2) is 41.3 Å². The second kappa shape index (κ2) is 5.30. The molecule has 0 atom stereocenters. The number of aromatic nitrogens is 2. The lowest BCUT2D eigenvalue weighted by Crippen LogP contribution is -2.18. The van der Waals surface area contributed by atoms with E-state index in [0.717, 1.165) is 25.8 Å². The van der Waals surface area contributed by atoms with Crippen LogP contribution in [0.15, 0.2) is 12.4 Å². The highest BCUT2D eigenvalue weighted by Crippen LogP contribution is 2.48. The largest absolute Gasteiger partial charge is 0.464 e. The third-order valence-electron chi connectivity index (χ3n) is 3.27. The van der Waals surface area contributed by atoms with Gasteiger partial charge in [0.05, 0.1) is 19.5 Å². The molecule has 2 rings (SSSR count). The first-order valence-electron chi connectivity index (χ1n) is 5.94. The Morgan fingerprint density at radius 2 is 2.33 bits per heavy atom. The van der Waals surface area contributed by atoms with Crippen LogP contribution in [0.4, 0.5) is 5.82 Å². The van der Waals surface area contributed by atoms with Gasteiger partial charge in [0.15, 0.2) is 5.69 Å². The van der Waals surface area contributed by atoms with Crippen LogP contribution in [-0.2, 0) is 4.74 Å². The number of carbonyl (C=O) groups excluding carboxylic acids is 1. The third-order valence-corrected chi connectivity index (χ3v) is 3.27. The molecule has 1 aromatic rings. The molecule has 98 valence electrons. The molecule has 6 heteroatoms. The van der Waals surface area contributed by atoms with Crippen LogP contribution in [0.25, 0.3) is 0 Å². The lowest BCUT2D eigenvalue weighted by Gasteiger charge is -2.14. The van der Waals surface area contributed by atoms with Gasteiger partial charge < -0.3 is 15.2 Å². The van der Waals surface area contributed by atoms with Gasteiger partial charge in [0.1, 0.15) is 5.82 Å². The van der Waals surface area contributed by atoms with Crippen molar-refractivity contribution >= 4 is 11.8 Å². The number of aliphatic hydroxyl groups excluding tert-OH is 1. The van der Waals surface area contributed by atoms with Crippen molar-refractivity contribution in [2.75, 3.05) is 25.6 Å². The molecule has 0 amide bonds. The van der Waals surface area contributed by atoms with Crippen LogP contribution in [0.2, 0.25) is 0 Å². The zero-order valence-corrected chi connectivity index (χ0v) is 10.3. The Labute approximate surface area is 105 Å². The summed E-state index contributed by atoms with van der Waals surface area (Å²) in [5, 5.41) is 12.1. The van der Waals surface area contributed by atoms with Crippen molar-refractivity contribution in [2.45, 2.75) is 19.3 Å². The first-order valence-corrected chi connectivity index (χ1v) is 5.94. The fraction of sp³-hybridized carbons (Fsp3) is 0.583. The maximum atomic E-state index is 11.3. The summed E-state index contributed by atoms with van der Waals surface area (Å²) in [7, 11) is 1.31. The molecule has 0 aliphatic heterocycles. The van der Waals surface area contributed by atoms with E-state index in [1.54, 1.807) is 6.20 Å². The minimum absolute atomic E-state index is 0.189. The van der Waals surface area contributed by atoms with E-state index in [-0.39, 0.29) is 17.7 Å².